The highest BCUT2D eigenvalue weighted by Gasteiger charge is 2.42. The lowest BCUT2D eigenvalue weighted by atomic mass is 9.79. The summed E-state index contributed by atoms with van der Waals surface area (Å²) < 4.78 is 20.0. The van der Waals surface area contributed by atoms with Crippen molar-refractivity contribution in [3.8, 4) is 17.2 Å². The molecule has 2 fully saturated rings. The summed E-state index contributed by atoms with van der Waals surface area (Å²) in [7, 11) is 0. The maximum absolute atomic E-state index is 14.0. The molecule has 0 saturated carbocycles. The number of aromatic nitrogens is 4. The Morgan fingerprint density at radius 1 is 1.00 bits per heavy atom. The third-order valence-corrected chi connectivity index (χ3v) is 9.60. The van der Waals surface area contributed by atoms with Gasteiger partial charge >= 0.3 is 6.09 Å². The van der Waals surface area contributed by atoms with Crippen LogP contribution in [0.1, 0.15) is 51.5 Å². The number of likely N-dealkylation sites (tertiary alicyclic amines) is 2. The van der Waals surface area contributed by atoms with Crippen molar-refractivity contribution in [2.75, 3.05) is 39.4 Å². The number of benzene rings is 2. The predicted molar refractivity (Wildman–Crippen MR) is 180 cm³/mol. The van der Waals surface area contributed by atoms with E-state index in [4.69, 9.17) is 14.2 Å². The first-order valence-electron chi connectivity index (χ1n) is 16.9. The molecule has 4 aromatic rings. The maximum atomic E-state index is 14.0. The molecular weight excluding hydrogens is 628 g/mol. The summed E-state index contributed by atoms with van der Waals surface area (Å²) in [5.41, 5.74) is -0.0223. The van der Waals surface area contributed by atoms with Crippen molar-refractivity contribution in [1.82, 2.24) is 29.1 Å². The summed E-state index contributed by atoms with van der Waals surface area (Å²) in [6.07, 6.45) is 3.69. The van der Waals surface area contributed by atoms with Gasteiger partial charge in [-0.15, -0.1) is 0 Å². The van der Waals surface area contributed by atoms with Gasteiger partial charge in [0.05, 0.1) is 24.0 Å². The van der Waals surface area contributed by atoms with Gasteiger partial charge in [0.1, 0.15) is 30.5 Å². The molecule has 7 rings (SSSR count). The molecule has 13 nitrogen and oxygen atoms in total. The van der Waals surface area contributed by atoms with Crippen LogP contribution in [-0.2, 0) is 16.1 Å². The average Bonchev–Trinajstić information content (AvgIpc) is 3.54. The van der Waals surface area contributed by atoms with Crippen LogP contribution in [0.25, 0.3) is 16.7 Å². The van der Waals surface area contributed by atoms with E-state index in [1.54, 1.807) is 21.7 Å². The highest BCUT2D eigenvalue weighted by molar-refractivity contribution is 5.81. The van der Waals surface area contributed by atoms with Crippen LogP contribution in [-0.4, -0.2) is 96.8 Å². The molecule has 3 aliphatic heterocycles. The second kappa shape index (κ2) is 12.8. The molecule has 2 saturated heterocycles. The van der Waals surface area contributed by atoms with Gasteiger partial charge in [-0.2, -0.15) is 5.10 Å². The fourth-order valence-electron chi connectivity index (χ4n) is 7.04. The number of fused-ring (bicyclic) bond motifs is 2. The maximum Gasteiger partial charge on any atom is 0.410 e. The minimum atomic E-state index is -1.19. The number of carbonyl (C=O) groups excluding carboxylic acids is 2. The summed E-state index contributed by atoms with van der Waals surface area (Å²) >= 11 is 0. The van der Waals surface area contributed by atoms with E-state index in [0.717, 1.165) is 5.56 Å². The van der Waals surface area contributed by atoms with Gasteiger partial charge in [-0.25, -0.2) is 14.5 Å². The molecule has 49 heavy (non-hydrogen) atoms. The van der Waals surface area contributed by atoms with E-state index < -0.39 is 11.2 Å². The van der Waals surface area contributed by atoms with Crippen LogP contribution in [0.2, 0.25) is 0 Å². The topological polar surface area (TPSA) is 141 Å². The number of ether oxygens (including phenoxy) is 3. The smallest absolute Gasteiger partial charge is 0.410 e. The number of aliphatic hydroxyl groups is 1. The van der Waals surface area contributed by atoms with Gasteiger partial charge < -0.3 is 29.1 Å². The Hall–Kier alpha value is -4.91. The summed E-state index contributed by atoms with van der Waals surface area (Å²) in [6.45, 7) is 8.05. The van der Waals surface area contributed by atoms with Crippen LogP contribution in [0.3, 0.4) is 0 Å². The van der Waals surface area contributed by atoms with Gasteiger partial charge in [0.25, 0.3) is 5.56 Å². The van der Waals surface area contributed by atoms with Crippen LogP contribution < -0.4 is 15.0 Å². The van der Waals surface area contributed by atoms with Crippen molar-refractivity contribution in [2.45, 2.75) is 63.7 Å². The van der Waals surface area contributed by atoms with Crippen molar-refractivity contribution in [3.63, 3.8) is 0 Å². The summed E-state index contributed by atoms with van der Waals surface area (Å²) in [4.78, 5) is 48.6. The number of hydrogen-bond acceptors (Lipinski definition) is 9. The lowest BCUT2D eigenvalue weighted by Crippen LogP contribution is -2.53. The second-order valence-electron chi connectivity index (χ2n) is 14.2. The molecule has 0 radical (unpaired) electrons. The van der Waals surface area contributed by atoms with Gasteiger partial charge in [0, 0.05) is 44.1 Å². The fraction of sp³-hybridized carbons (Fsp3) is 0.472. The standard InChI is InChI=1S/C36H42N6O7/c1-35(2,3)49-34(45)40-14-11-26(28(21-40)24-7-5-4-6-8-24)32(43)39-15-12-36(46,13-16-39)22-41-23-37-31-27(33(41)44)20-38-42(31)25-9-10-29-30(19-25)48-18-17-47-29/h4-10,19-20,23,26,28,46H,11-18,21-22H2,1-3H3/t26-,28+/m1/s1. The highest BCUT2D eigenvalue weighted by Crippen LogP contribution is 2.36. The Kier molecular flexibility index (Phi) is 8.55. The van der Waals surface area contributed by atoms with Gasteiger partial charge in [-0.1, -0.05) is 30.3 Å². The molecule has 258 valence electrons. The van der Waals surface area contributed by atoms with Crippen molar-refractivity contribution < 1.29 is 28.9 Å². The average molecular weight is 671 g/mol. The number of rotatable bonds is 5. The van der Waals surface area contributed by atoms with E-state index in [9.17, 15) is 19.5 Å². The van der Waals surface area contributed by atoms with E-state index in [2.05, 4.69) is 10.1 Å². The van der Waals surface area contributed by atoms with E-state index in [1.807, 2.05) is 62.1 Å². The quantitative estimate of drug-likeness (QED) is 0.336. The zero-order valence-electron chi connectivity index (χ0n) is 28.1. The summed E-state index contributed by atoms with van der Waals surface area (Å²) in [5.74, 6) is 0.783. The Labute approximate surface area is 284 Å². The Bertz CT molecular complexity index is 1910. The summed E-state index contributed by atoms with van der Waals surface area (Å²) in [6, 6.07) is 15.3. The van der Waals surface area contributed by atoms with Crippen molar-refractivity contribution >= 4 is 23.0 Å². The molecule has 0 bridgehead atoms. The zero-order valence-corrected chi connectivity index (χ0v) is 28.1. The van der Waals surface area contributed by atoms with E-state index in [-0.39, 0.29) is 35.9 Å². The minimum absolute atomic E-state index is 0.0200. The third kappa shape index (κ3) is 6.71. The van der Waals surface area contributed by atoms with Gasteiger partial charge in [-0.3, -0.25) is 14.2 Å². The Balaban J connectivity index is 1.03. The molecule has 1 N–H and O–H groups in total. The zero-order chi connectivity index (χ0) is 34.3. The molecule has 0 spiro atoms. The lowest BCUT2D eigenvalue weighted by Gasteiger charge is -2.43. The Morgan fingerprint density at radius 3 is 2.47 bits per heavy atom. The number of amides is 2. The van der Waals surface area contributed by atoms with Crippen LogP contribution in [0.15, 0.2) is 65.8 Å². The van der Waals surface area contributed by atoms with E-state index in [0.29, 0.717) is 86.9 Å². The largest absolute Gasteiger partial charge is 0.486 e. The SMILES string of the molecule is CC(C)(C)OC(=O)N1CC[C@@H](C(=O)N2CCC(O)(Cn3cnc4c(cnn4-c4ccc5c(c4)OCCO5)c3=O)CC2)[C@H](c2ccccc2)C1. The second-order valence-corrected chi connectivity index (χ2v) is 14.2. The molecule has 0 unspecified atom stereocenters. The lowest BCUT2D eigenvalue weighted by molar-refractivity contribution is -0.142. The monoisotopic (exact) mass is 670 g/mol. The first-order chi connectivity index (χ1) is 23.5. The van der Waals surface area contributed by atoms with E-state index in [1.165, 1.54) is 17.1 Å². The fourth-order valence-corrected chi connectivity index (χ4v) is 7.04. The van der Waals surface area contributed by atoms with Crippen LogP contribution >= 0.6 is 0 Å². The molecule has 5 heterocycles. The van der Waals surface area contributed by atoms with Crippen LogP contribution in [0, 0.1) is 5.92 Å². The summed E-state index contributed by atoms with van der Waals surface area (Å²) in [5, 5.41) is 16.4. The normalized spacial score (nSPS) is 20.7. The first-order valence-corrected chi connectivity index (χ1v) is 16.9. The molecule has 0 aliphatic carbocycles. The number of piperidine rings is 2. The molecule has 2 atom stereocenters. The van der Waals surface area contributed by atoms with Crippen molar-refractivity contribution in [2.24, 2.45) is 5.92 Å². The molecular formula is C36H42N6O7. The highest BCUT2D eigenvalue weighted by atomic mass is 16.6. The predicted octanol–water partition coefficient (Wildman–Crippen LogP) is 3.75. The molecule has 3 aliphatic rings. The third-order valence-electron chi connectivity index (χ3n) is 9.60. The van der Waals surface area contributed by atoms with Gasteiger partial charge in [-0.05, 0) is 57.7 Å². The van der Waals surface area contributed by atoms with Gasteiger partial charge in [0.15, 0.2) is 17.1 Å². The molecule has 13 heteroatoms. The molecule has 2 aromatic carbocycles. The van der Waals surface area contributed by atoms with E-state index >= 15 is 0 Å². The number of hydrogen-bond donors (Lipinski definition) is 1. The van der Waals surface area contributed by atoms with Crippen molar-refractivity contribution in [3.05, 3.63) is 77.0 Å². The van der Waals surface area contributed by atoms with Crippen LogP contribution in [0.4, 0.5) is 4.79 Å². The van der Waals surface area contributed by atoms with Gasteiger partial charge in [0.2, 0.25) is 5.91 Å². The Morgan fingerprint density at radius 2 is 1.73 bits per heavy atom. The minimum Gasteiger partial charge on any atom is -0.486 e. The van der Waals surface area contributed by atoms with Crippen LogP contribution in [0.5, 0.6) is 11.5 Å². The molecule has 2 amide bonds. The first kappa shape index (κ1) is 32.6. The van der Waals surface area contributed by atoms with Crippen molar-refractivity contribution in [1.29, 1.82) is 0 Å². The molecule has 2 aromatic heterocycles. The number of nitrogens with zero attached hydrogens (tertiary/aromatic N) is 6. The number of carbonyl (C=O) groups is 2.